The van der Waals surface area contributed by atoms with E-state index in [1.807, 2.05) is 29.2 Å². The lowest BCUT2D eigenvalue weighted by Gasteiger charge is -2.32. The van der Waals surface area contributed by atoms with Crippen LogP contribution in [0.15, 0.2) is 35.5 Å². The molecule has 2 aromatic rings. The van der Waals surface area contributed by atoms with E-state index >= 15 is 0 Å². The predicted octanol–water partition coefficient (Wildman–Crippen LogP) is 2.29. The number of sulfonamides is 1. The molecule has 3 aliphatic heterocycles. The summed E-state index contributed by atoms with van der Waals surface area (Å²) in [4.78, 5) is 6.22. The number of benzene rings is 1. The number of ether oxygens (including phenoxy) is 3. The second-order valence-electron chi connectivity index (χ2n) is 9.46. The fourth-order valence-electron chi connectivity index (χ4n) is 5.02. The van der Waals surface area contributed by atoms with Crippen LogP contribution < -0.4 is 14.4 Å². The quantitative estimate of drug-likeness (QED) is 0.547. The Morgan fingerprint density at radius 2 is 1.81 bits per heavy atom. The third-order valence-electron chi connectivity index (χ3n) is 6.83. The molecule has 36 heavy (non-hydrogen) atoms. The number of fused-ring (bicyclic) bond motifs is 1. The van der Waals surface area contributed by atoms with Gasteiger partial charge in [0.1, 0.15) is 24.2 Å². The fourth-order valence-corrected chi connectivity index (χ4v) is 7.86. The number of hydrogen-bond donors (Lipinski definition) is 0. The van der Waals surface area contributed by atoms with E-state index in [0.717, 1.165) is 17.6 Å². The van der Waals surface area contributed by atoms with Crippen LogP contribution >= 0.6 is 0 Å². The first kappa shape index (κ1) is 25.2. The Labute approximate surface area is 212 Å². The summed E-state index contributed by atoms with van der Waals surface area (Å²) in [7, 11) is -6.78. The zero-order valence-electron chi connectivity index (χ0n) is 20.4. The van der Waals surface area contributed by atoms with Gasteiger partial charge in [0.25, 0.3) is 0 Å². The van der Waals surface area contributed by atoms with Crippen LogP contribution in [-0.4, -0.2) is 83.2 Å². The van der Waals surface area contributed by atoms with Crippen molar-refractivity contribution in [3.05, 3.63) is 36.0 Å². The average Bonchev–Trinajstić information content (AvgIpc) is 3.33. The molecule has 0 amide bonds. The van der Waals surface area contributed by atoms with Crippen LogP contribution in [-0.2, 0) is 24.6 Å². The highest BCUT2D eigenvalue weighted by Gasteiger charge is 2.38. The first-order valence-electron chi connectivity index (χ1n) is 12.1. The van der Waals surface area contributed by atoms with E-state index in [1.54, 1.807) is 17.4 Å². The molecule has 3 aliphatic rings. The minimum atomic E-state index is -3.41. The Morgan fingerprint density at radius 1 is 1.03 bits per heavy atom. The Kier molecular flexibility index (Phi) is 6.88. The van der Waals surface area contributed by atoms with Crippen LogP contribution in [0.2, 0.25) is 0 Å². The summed E-state index contributed by atoms with van der Waals surface area (Å²) < 4.78 is 68.9. The molecule has 1 unspecified atom stereocenters. The molecule has 0 saturated carbocycles. The topological polar surface area (TPSA) is 115 Å². The maximum Gasteiger partial charge on any atom is 0.217 e. The molecule has 5 rings (SSSR count). The van der Waals surface area contributed by atoms with Crippen molar-refractivity contribution in [3.63, 3.8) is 0 Å². The van der Waals surface area contributed by atoms with E-state index in [-0.39, 0.29) is 16.4 Å². The van der Waals surface area contributed by atoms with Crippen LogP contribution in [0.5, 0.6) is 11.5 Å². The molecular formula is C24H31N3O7S2. The number of sulfone groups is 1. The number of aryl methyl sites for hydroxylation is 1. The molecule has 2 fully saturated rings. The summed E-state index contributed by atoms with van der Waals surface area (Å²) in [6.07, 6.45) is 4.15. The van der Waals surface area contributed by atoms with Crippen molar-refractivity contribution >= 4 is 31.2 Å². The molecule has 0 spiro atoms. The van der Waals surface area contributed by atoms with Gasteiger partial charge < -0.3 is 19.1 Å². The molecule has 2 saturated heterocycles. The molecule has 0 N–H and O–H groups in total. The normalized spacial score (nSPS) is 21.7. The molecule has 1 atom stereocenters. The Bertz CT molecular complexity index is 1340. The lowest BCUT2D eigenvalue weighted by molar-refractivity contribution is 0.0973. The number of nitrogens with zero attached hydrogens (tertiary/aromatic N) is 3. The molecule has 1 aromatic carbocycles. The molecule has 196 valence electrons. The molecule has 0 aliphatic carbocycles. The number of hydrogen-bond acceptors (Lipinski definition) is 9. The van der Waals surface area contributed by atoms with Crippen LogP contribution in [0.3, 0.4) is 0 Å². The molecule has 4 heterocycles. The van der Waals surface area contributed by atoms with Crippen LogP contribution in [0.4, 0.5) is 11.4 Å². The van der Waals surface area contributed by atoms with E-state index < -0.39 is 19.9 Å². The molecular weight excluding hydrogens is 506 g/mol. The van der Waals surface area contributed by atoms with Gasteiger partial charge in [-0.25, -0.2) is 21.8 Å². The number of rotatable bonds is 6. The van der Waals surface area contributed by atoms with Gasteiger partial charge in [0.2, 0.25) is 10.0 Å². The van der Waals surface area contributed by atoms with Gasteiger partial charge in [-0.3, -0.25) is 0 Å². The second-order valence-corrected chi connectivity index (χ2v) is 13.6. The summed E-state index contributed by atoms with van der Waals surface area (Å²) >= 11 is 0. The number of aromatic nitrogens is 1. The first-order valence-corrected chi connectivity index (χ1v) is 15.5. The molecule has 0 radical (unpaired) electrons. The van der Waals surface area contributed by atoms with Gasteiger partial charge >= 0.3 is 0 Å². The van der Waals surface area contributed by atoms with Crippen molar-refractivity contribution in [2.75, 3.05) is 50.6 Å². The van der Waals surface area contributed by atoms with Gasteiger partial charge in [0.15, 0.2) is 14.9 Å². The smallest absolute Gasteiger partial charge is 0.217 e. The van der Waals surface area contributed by atoms with Crippen molar-refractivity contribution in [1.82, 2.24) is 9.29 Å². The lowest BCUT2D eigenvalue weighted by Crippen LogP contribution is -2.41. The van der Waals surface area contributed by atoms with Gasteiger partial charge in [0.05, 0.1) is 35.9 Å². The van der Waals surface area contributed by atoms with Gasteiger partial charge in [-0.15, -0.1) is 0 Å². The monoisotopic (exact) mass is 537 g/mol. The second kappa shape index (κ2) is 9.81. The Hall–Kier alpha value is -2.41. The maximum atomic E-state index is 13.0. The van der Waals surface area contributed by atoms with Crippen molar-refractivity contribution in [2.24, 2.45) is 0 Å². The van der Waals surface area contributed by atoms with Crippen molar-refractivity contribution < 1.29 is 31.0 Å². The highest BCUT2D eigenvalue weighted by atomic mass is 32.2. The minimum Gasteiger partial charge on any atom is -0.490 e. The van der Waals surface area contributed by atoms with E-state index in [2.05, 4.69) is 4.98 Å². The van der Waals surface area contributed by atoms with E-state index in [9.17, 15) is 16.8 Å². The van der Waals surface area contributed by atoms with Crippen molar-refractivity contribution in [3.8, 4) is 11.5 Å². The van der Waals surface area contributed by atoms with Gasteiger partial charge in [-0.05, 0) is 49.9 Å². The van der Waals surface area contributed by atoms with E-state index in [0.29, 0.717) is 75.8 Å². The SMILES string of the molecule is Cc1cc(N2CCOc3ccc(OC4CCN(S(=O)(=O)C5CCOCC5)C4)cc32)cnc1S(C)(=O)=O. The standard InChI is InChI=1S/C24H31N3O7S2/c1-17-13-18(15-25-24(17)35(2,28)29)27-9-12-33-23-4-3-19(14-22(23)27)34-20-5-8-26(16-20)36(30,31)21-6-10-32-11-7-21/h3-4,13-15,20-21H,5-12,16H2,1-2H3. The number of anilines is 2. The summed E-state index contributed by atoms with van der Waals surface area (Å²) in [5.74, 6) is 1.31. The van der Waals surface area contributed by atoms with E-state index in [4.69, 9.17) is 14.2 Å². The summed E-state index contributed by atoms with van der Waals surface area (Å²) in [5.41, 5.74) is 2.13. The minimum absolute atomic E-state index is 0.0679. The zero-order chi connectivity index (χ0) is 25.5. The maximum absolute atomic E-state index is 13.0. The predicted molar refractivity (Wildman–Crippen MR) is 134 cm³/mol. The fraction of sp³-hybridized carbons (Fsp3) is 0.542. The Balaban J connectivity index is 1.32. The van der Waals surface area contributed by atoms with Gasteiger partial charge in [-0.1, -0.05) is 0 Å². The third kappa shape index (κ3) is 5.04. The molecule has 10 nitrogen and oxygen atoms in total. The highest BCUT2D eigenvalue weighted by molar-refractivity contribution is 7.90. The van der Waals surface area contributed by atoms with Crippen molar-refractivity contribution in [1.29, 1.82) is 0 Å². The largest absolute Gasteiger partial charge is 0.490 e. The summed E-state index contributed by atoms with van der Waals surface area (Å²) in [6, 6.07) is 7.35. The van der Waals surface area contributed by atoms with Gasteiger partial charge in [0, 0.05) is 32.1 Å². The average molecular weight is 538 g/mol. The van der Waals surface area contributed by atoms with Crippen LogP contribution in [0.1, 0.15) is 24.8 Å². The number of pyridine rings is 1. The van der Waals surface area contributed by atoms with Crippen LogP contribution in [0, 0.1) is 6.92 Å². The van der Waals surface area contributed by atoms with E-state index in [1.165, 1.54) is 0 Å². The third-order valence-corrected chi connectivity index (χ3v) is 10.3. The highest BCUT2D eigenvalue weighted by Crippen LogP contribution is 2.40. The molecule has 12 heteroatoms. The summed E-state index contributed by atoms with van der Waals surface area (Å²) in [6.45, 7) is 4.51. The molecule has 1 aromatic heterocycles. The Morgan fingerprint density at radius 3 is 2.53 bits per heavy atom. The molecule has 0 bridgehead atoms. The van der Waals surface area contributed by atoms with Gasteiger partial charge in [-0.2, -0.15) is 4.31 Å². The lowest BCUT2D eigenvalue weighted by atomic mass is 10.2. The summed E-state index contributed by atoms with van der Waals surface area (Å²) in [5, 5.41) is -0.316. The first-order chi connectivity index (χ1) is 17.1. The van der Waals surface area contributed by atoms with Crippen molar-refractivity contribution in [2.45, 2.75) is 42.6 Å². The van der Waals surface area contributed by atoms with Crippen LogP contribution in [0.25, 0.3) is 0 Å². The zero-order valence-corrected chi connectivity index (χ0v) is 22.1.